The van der Waals surface area contributed by atoms with Gasteiger partial charge in [0.2, 0.25) is 5.91 Å². The van der Waals surface area contributed by atoms with Gasteiger partial charge in [0.1, 0.15) is 5.82 Å². The van der Waals surface area contributed by atoms with Crippen LogP contribution in [0.15, 0.2) is 24.3 Å². The van der Waals surface area contributed by atoms with Gasteiger partial charge in [0, 0.05) is 37.6 Å². The zero-order valence-electron chi connectivity index (χ0n) is 15.7. The number of piperazine rings is 1. The van der Waals surface area contributed by atoms with E-state index in [1.807, 2.05) is 45.0 Å². The molecule has 1 saturated heterocycles. The highest BCUT2D eigenvalue weighted by Gasteiger charge is 2.22. The molecule has 6 nitrogen and oxygen atoms in total. The molecule has 3 rings (SSSR count). The summed E-state index contributed by atoms with van der Waals surface area (Å²) in [4.78, 5) is 32.5. The van der Waals surface area contributed by atoms with Gasteiger partial charge in [0.15, 0.2) is 6.29 Å². The van der Waals surface area contributed by atoms with Gasteiger partial charge in [-0.3, -0.25) is 14.5 Å². The zero-order valence-corrected chi connectivity index (χ0v) is 15.7. The van der Waals surface area contributed by atoms with E-state index in [4.69, 9.17) is 4.98 Å². The Kier molecular flexibility index (Phi) is 5.52. The molecule has 0 radical (unpaired) electrons. The number of aromatic nitrogens is 1. The standard InChI is InChI=1S/C20H26N4O2/c1-14(2)21-19(26)12-23-6-8-24(9-7-23)20-17(13-25)11-16-10-15(3)4-5-18(16)22-20/h4-5,10-11,13-14H,6-9,12H2,1-3H3,(H,21,26). The molecule has 1 aromatic heterocycles. The van der Waals surface area contributed by atoms with Crippen LogP contribution in [0.4, 0.5) is 5.82 Å². The smallest absolute Gasteiger partial charge is 0.234 e. The van der Waals surface area contributed by atoms with Crippen molar-refractivity contribution in [1.29, 1.82) is 0 Å². The first-order valence-electron chi connectivity index (χ1n) is 9.09. The van der Waals surface area contributed by atoms with Gasteiger partial charge in [-0.15, -0.1) is 0 Å². The first-order valence-corrected chi connectivity index (χ1v) is 9.09. The number of benzene rings is 1. The van der Waals surface area contributed by atoms with Gasteiger partial charge in [0.25, 0.3) is 0 Å². The predicted octanol–water partition coefficient (Wildman–Crippen LogP) is 2.00. The molecule has 0 unspecified atom stereocenters. The average Bonchev–Trinajstić information content (AvgIpc) is 2.60. The molecule has 0 spiro atoms. The Morgan fingerprint density at radius 2 is 1.96 bits per heavy atom. The number of amides is 1. The van der Waals surface area contributed by atoms with Crippen LogP contribution >= 0.6 is 0 Å². The first-order chi connectivity index (χ1) is 12.5. The molecule has 0 bridgehead atoms. The number of carbonyl (C=O) groups excluding carboxylic acids is 2. The number of aryl methyl sites for hydroxylation is 1. The number of carbonyl (C=O) groups is 2. The minimum absolute atomic E-state index is 0.0567. The van der Waals surface area contributed by atoms with E-state index in [1.165, 1.54) is 0 Å². The molecule has 1 aliphatic rings. The van der Waals surface area contributed by atoms with Gasteiger partial charge in [0.05, 0.1) is 17.6 Å². The van der Waals surface area contributed by atoms with Crippen molar-refractivity contribution in [3.63, 3.8) is 0 Å². The summed E-state index contributed by atoms with van der Waals surface area (Å²) in [5.74, 6) is 0.795. The van der Waals surface area contributed by atoms with E-state index in [1.54, 1.807) is 0 Å². The summed E-state index contributed by atoms with van der Waals surface area (Å²) in [6, 6.07) is 8.15. The molecule has 0 saturated carbocycles. The molecule has 1 aromatic carbocycles. The molecule has 26 heavy (non-hydrogen) atoms. The molecule has 1 N–H and O–H groups in total. The third-order valence-electron chi connectivity index (χ3n) is 4.59. The number of nitrogens with one attached hydrogen (secondary N) is 1. The van der Waals surface area contributed by atoms with Gasteiger partial charge in [-0.1, -0.05) is 11.6 Å². The fraction of sp³-hybridized carbons (Fsp3) is 0.450. The summed E-state index contributed by atoms with van der Waals surface area (Å²) in [6.45, 7) is 9.42. The van der Waals surface area contributed by atoms with E-state index in [2.05, 4.69) is 15.1 Å². The molecule has 138 valence electrons. The predicted molar refractivity (Wildman–Crippen MR) is 104 cm³/mol. The normalized spacial score (nSPS) is 15.5. The second kappa shape index (κ2) is 7.83. The van der Waals surface area contributed by atoms with Crippen LogP contribution in [0.2, 0.25) is 0 Å². The van der Waals surface area contributed by atoms with E-state index < -0.39 is 0 Å². The van der Waals surface area contributed by atoms with Crippen molar-refractivity contribution in [3.8, 4) is 0 Å². The Hall–Kier alpha value is -2.47. The largest absolute Gasteiger partial charge is 0.353 e. The van der Waals surface area contributed by atoms with Crippen molar-refractivity contribution in [2.75, 3.05) is 37.6 Å². The van der Waals surface area contributed by atoms with Gasteiger partial charge < -0.3 is 10.2 Å². The van der Waals surface area contributed by atoms with Crippen LogP contribution in [0.1, 0.15) is 29.8 Å². The number of nitrogens with zero attached hydrogens (tertiary/aromatic N) is 3. The van der Waals surface area contributed by atoms with Crippen molar-refractivity contribution < 1.29 is 9.59 Å². The summed E-state index contributed by atoms with van der Waals surface area (Å²) < 4.78 is 0. The highest BCUT2D eigenvalue weighted by atomic mass is 16.2. The SMILES string of the molecule is Cc1ccc2nc(N3CCN(CC(=O)NC(C)C)CC3)c(C=O)cc2c1. The summed E-state index contributed by atoms with van der Waals surface area (Å²) in [5.41, 5.74) is 2.67. The maximum absolute atomic E-state index is 11.9. The third kappa shape index (κ3) is 4.19. The van der Waals surface area contributed by atoms with Gasteiger partial charge in [-0.05, 0) is 39.0 Å². The van der Waals surface area contributed by atoms with Crippen LogP contribution in [0.3, 0.4) is 0 Å². The van der Waals surface area contributed by atoms with Crippen molar-refractivity contribution in [1.82, 2.24) is 15.2 Å². The van der Waals surface area contributed by atoms with Crippen LogP contribution in [0, 0.1) is 6.92 Å². The van der Waals surface area contributed by atoms with E-state index >= 15 is 0 Å². The quantitative estimate of drug-likeness (QED) is 0.832. The second-order valence-electron chi connectivity index (χ2n) is 7.20. The maximum Gasteiger partial charge on any atom is 0.234 e. The van der Waals surface area contributed by atoms with Crippen molar-refractivity contribution in [2.24, 2.45) is 0 Å². The first kappa shape index (κ1) is 18.3. The highest BCUT2D eigenvalue weighted by Crippen LogP contribution is 2.24. The lowest BCUT2D eigenvalue weighted by molar-refractivity contribution is -0.122. The Balaban J connectivity index is 1.72. The molecular weight excluding hydrogens is 328 g/mol. The van der Waals surface area contributed by atoms with Crippen molar-refractivity contribution >= 4 is 28.9 Å². The molecule has 2 heterocycles. The number of aldehydes is 1. The van der Waals surface area contributed by atoms with E-state index in [0.29, 0.717) is 12.1 Å². The molecule has 2 aromatic rings. The molecule has 1 amide bonds. The molecule has 0 aliphatic carbocycles. The Bertz CT molecular complexity index is 811. The number of rotatable bonds is 5. The van der Waals surface area contributed by atoms with Crippen LogP contribution in [0.25, 0.3) is 10.9 Å². The monoisotopic (exact) mass is 354 g/mol. The van der Waals surface area contributed by atoms with Crippen LogP contribution in [-0.2, 0) is 4.79 Å². The minimum Gasteiger partial charge on any atom is -0.353 e. The van der Waals surface area contributed by atoms with Gasteiger partial charge >= 0.3 is 0 Å². The van der Waals surface area contributed by atoms with E-state index in [0.717, 1.165) is 54.7 Å². The van der Waals surface area contributed by atoms with E-state index in [-0.39, 0.29) is 11.9 Å². The summed E-state index contributed by atoms with van der Waals surface area (Å²) in [7, 11) is 0. The number of hydrogen-bond donors (Lipinski definition) is 1. The summed E-state index contributed by atoms with van der Waals surface area (Å²) in [5, 5.41) is 3.91. The Morgan fingerprint density at radius 3 is 2.62 bits per heavy atom. The summed E-state index contributed by atoms with van der Waals surface area (Å²) in [6.07, 6.45) is 0.882. The summed E-state index contributed by atoms with van der Waals surface area (Å²) >= 11 is 0. The lowest BCUT2D eigenvalue weighted by atomic mass is 10.1. The lowest BCUT2D eigenvalue weighted by Gasteiger charge is -2.35. The number of pyridine rings is 1. The molecule has 1 fully saturated rings. The number of fused-ring (bicyclic) bond motifs is 1. The van der Waals surface area contributed by atoms with Crippen LogP contribution in [-0.4, -0.2) is 60.8 Å². The Labute approximate surface area is 154 Å². The van der Waals surface area contributed by atoms with Crippen molar-refractivity contribution in [2.45, 2.75) is 26.8 Å². The lowest BCUT2D eigenvalue weighted by Crippen LogP contribution is -2.50. The fourth-order valence-corrected chi connectivity index (χ4v) is 3.33. The third-order valence-corrected chi connectivity index (χ3v) is 4.59. The second-order valence-corrected chi connectivity index (χ2v) is 7.20. The number of anilines is 1. The van der Waals surface area contributed by atoms with Crippen LogP contribution in [0.5, 0.6) is 0 Å². The molecular formula is C20H26N4O2. The molecule has 1 aliphatic heterocycles. The molecule has 0 atom stereocenters. The molecule has 6 heteroatoms. The number of hydrogen-bond acceptors (Lipinski definition) is 5. The zero-order chi connectivity index (χ0) is 18.7. The highest BCUT2D eigenvalue weighted by molar-refractivity contribution is 5.92. The van der Waals surface area contributed by atoms with Gasteiger partial charge in [-0.2, -0.15) is 0 Å². The Morgan fingerprint density at radius 1 is 1.23 bits per heavy atom. The van der Waals surface area contributed by atoms with Gasteiger partial charge in [-0.25, -0.2) is 4.98 Å². The van der Waals surface area contributed by atoms with E-state index in [9.17, 15) is 9.59 Å². The minimum atomic E-state index is 0.0567. The van der Waals surface area contributed by atoms with Crippen molar-refractivity contribution in [3.05, 3.63) is 35.4 Å². The topological polar surface area (TPSA) is 65.5 Å². The average molecular weight is 354 g/mol. The van der Waals surface area contributed by atoms with Crippen LogP contribution < -0.4 is 10.2 Å². The fourth-order valence-electron chi connectivity index (χ4n) is 3.33. The maximum atomic E-state index is 11.9.